The molecule has 0 saturated carbocycles. The van der Waals surface area contributed by atoms with Gasteiger partial charge in [-0.1, -0.05) is 26.0 Å². The zero-order valence-electron chi connectivity index (χ0n) is 19.2. The maximum Gasteiger partial charge on any atom is 1.00 e. The second-order valence-corrected chi connectivity index (χ2v) is 8.68. The molecule has 0 aromatic carbocycles. The molecule has 0 aliphatic carbocycles. The Morgan fingerprint density at radius 3 is 1.73 bits per heavy atom. The van der Waals surface area contributed by atoms with Gasteiger partial charge in [0.1, 0.15) is 18.6 Å². The van der Waals surface area contributed by atoms with Crippen LogP contribution in [0.5, 0.6) is 0 Å². The molecule has 0 bridgehead atoms. The first-order valence-corrected chi connectivity index (χ1v) is 10.7. The monoisotopic (exact) mass is 458 g/mol. The first-order chi connectivity index (χ1) is 13.3. The molecule has 0 radical (unpaired) electrons. The van der Waals surface area contributed by atoms with Crippen LogP contribution in [0.1, 0.15) is 47.9 Å². The molecule has 0 fully saturated rings. The SMILES string of the molecule is C=C(C)C(=O)OCC(C)(COC(=O)C(=C)C)C(=O)OCCCCCCS(=O)(=O)O.[H-].[Na+]. The van der Waals surface area contributed by atoms with Gasteiger partial charge in [-0.15, -0.1) is 0 Å². The van der Waals surface area contributed by atoms with Crippen LogP contribution in [0.15, 0.2) is 24.3 Å². The van der Waals surface area contributed by atoms with Crippen molar-refractivity contribution < 1.29 is 72.5 Å². The summed E-state index contributed by atoms with van der Waals surface area (Å²) in [6.07, 6.45) is 1.92. The summed E-state index contributed by atoms with van der Waals surface area (Å²) < 4.78 is 45.2. The average molecular weight is 459 g/mol. The first kappa shape index (κ1) is 31.0. The Bertz CT molecular complexity index is 705. The van der Waals surface area contributed by atoms with E-state index in [1.807, 2.05) is 0 Å². The third-order valence-electron chi connectivity index (χ3n) is 3.76. The maximum absolute atomic E-state index is 12.5. The van der Waals surface area contributed by atoms with E-state index >= 15 is 0 Å². The van der Waals surface area contributed by atoms with Crippen LogP contribution in [0.3, 0.4) is 0 Å². The number of hydrogen-bond donors (Lipinski definition) is 1. The molecule has 0 atom stereocenters. The number of hydrogen-bond acceptors (Lipinski definition) is 8. The number of ether oxygens (including phenoxy) is 3. The minimum Gasteiger partial charge on any atom is -1.00 e. The van der Waals surface area contributed by atoms with Crippen molar-refractivity contribution in [3.05, 3.63) is 24.3 Å². The number of carbonyl (C=O) groups is 3. The minimum atomic E-state index is -3.97. The molecule has 30 heavy (non-hydrogen) atoms. The van der Waals surface area contributed by atoms with E-state index in [0.29, 0.717) is 25.7 Å². The number of rotatable bonds is 14. The van der Waals surface area contributed by atoms with Crippen molar-refractivity contribution in [2.75, 3.05) is 25.6 Å². The van der Waals surface area contributed by atoms with E-state index < -0.39 is 33.4 Å². The third-order valence-corrected chi connectivity index (χ3v) is 4.57. The van der Waals surface area contributed by atoms with Gasteiger partial charge in [-0.05, 0) is 33.6 Å². The zero-order chi connectivity index (χ0) is 22.7. The Kier molecular flexibility index (Phi) is 15.2. The van der Waals surface area contributed by atoms with Crippen LogP contribution in [-0.4, -0.2) is 56.5 Å². The molecule has 0 spiro atoms. The third kappa shape index (κ3) is 13.9. The van der Waals surface area contributed by atoms with E-state index in [9.17, 15) is 22.8 Å². The molecule has 0 aromatic heterocycles. The van der Waals surface area contributed by atoms with Crippen LogP contribution in [-0.2, 0) is 38.7 Å². The molecule has 9 nitrogen and oxygen atoms in total. The van der Waals surface area contributed by atoms with Gasteiger partial charge in [0.2, 0.25) is 0 Å². The van der Waals surface area contributed by atoms with Crippen LogP contribution in [0.25, 0.3) is 0 Å². The average Bonchev–Trinajstić information content (AvgIpc) is 2.61. The fourth-order valence-electron chi connectivity index (χ4n) is 1.93. The molecular weight excluding hydrogens is 427 g/mol. The molecule has 11 heteroatoms. The van der Waals surface area contributed by atoms with Crippen molar-refractivity contribution in [3.8, 4) is 0 Å². The topological polar surface area (TPSA) is 133 Å². The van der Waals surface area contributed by atoms with E-state index in [4.69, 9.17) is 18.8 Å². The summed E-state index contributed by atoms with van der Waals surface area (Å²) in [6.45, 7) is 10.6. The van der Waals surface area contributed by atoms with Gasteiger partial charge in [0.25, 0.3) is 10.1 Å². The second-order valence-electron chi connectivity index (χ2n) is 7.11. The largest absolute Gasteiger partial charge is 1.00 e. The Balaban J connectivity index is -0.00000392. The molecule has 0 aliphatic rings. The summed E-state index contributed by atoms with van der Waals surface area (Å²) in [5.41, 5.74) is -1.10. The summed E-state index contributed by atoms with van der Waals surface area (Å²) in [5, 5.41) is 0. The van der Waals surface area contributed by atoms with Crippen molar-refractivity contribution in [1.29, 1.82) is 0 Å². The summed E-state index contributed by atoms with van der Waals surface area (Å²) in [6, 6.07) is 0. The molecule has 0 unspecified atom stereocenters. The van der Waals surface area contributed by atoms with Gasteiger partial charge in [-0.25, -0.2) is 9.59 Å². The predicted molar refractivity (Wildman–Crippen MR) is 107 cm³/mol. The van der Waals surface area contributed by atoms with Gasteiger partial charge < -0.3 is 15.6 Å². The van der Waals surface area contributed by atoms with Gasteiger partial charge in [0, 0.05) is 11.1 Å². The summed E-state index contributed by atoms with van der Waals surface area (Å²) in [5.74, 6) is -2.39. The minimum absolute atomic E-state index is 0. The van der Waals surface area contributed by atoms with Gasteiger partial charge >= 0.3 is 47.5 Å². The smallest absolute Gasteiger partial charge is 1.00 e. The van der Waals surface area contributed by atoms with E-state index in [-0.39, 0.29) is 67.7 Å². The Morgan fingerprint density at radius 2 is 1.33 bits per heavy atom. The van der Waals surface area contributed by atoms with Crippen LogP contribution in [0.4, 0.5) is 0 Å². The predicted octanol–water partition coefficient (Wildman–Crippen LogP) is -0.661. The van der Waals surface area contributed by atoms with Crippen molar-refractivity contribution in [3.63, 3.8) is 0 Å². The van der Waals surface area contributed by atoms with Crippen LogP contribution in [0.2, 0.25) is 0 Å². The van der Waals surface area contributed by atoms with E-state index in [1.165, 1.54) is 20.8 Å². The zero-order valence-corrected chi connectivity index (χ0v) is 21.0. The van der Waals surface area contributed by atoms with Crippen LogP contribution < -0.4 is 29.6 Å². The molecule has 168 valence electrons. The van der Waals surface area contributed by atoms with Crippen molar-refractivity contribution in [2.24, 2.45) is 5.41 Å². The van der Waals surface area contributed by atoms with Gasteiger partial charge in [-0.3, -0.25) is 9.35 Å². The van der Waals surface area contributed by atoms with E-state index in [1.54, 1.807) is 0 Å². The summed E-state index contributed by atoms with van der Waals surface area (Å²) in [7, 11) is -3.97. The molecule has 0 rings (SSSR count). The molecule has 0 aliphatic heterocycles. The number of unbranched alkanes of at least 4 members (excludes halogenated alkanes) is 3. The van der Waals surface area contributed by atoms with Crippen molar-refractivity contribution >= 4 is 28.0 Å². The molecule has 0 heterocycles. The standard InChI is InChI=1S/C19H30O9S.Na.H/c1-14(2)16(20)27-12-19(5,13-28-17(21)15(3)4)18(22)26-10-8-6-7-9-11-29(23,24)25;;/h1,3,6-13H2,2,4-5H3,(H,23,24,25);;/q;+1;-1. The Hall–Kier alpha value is -1.20. The van der Waals surface area contributed by atoms with Gasteiger partial charge in [0.15, 0.2) is 0 Å². The molecule has 0 saturated heterocycles. The number of esters is 3. The Labute approximate surface area is 201 Å². The molecular formula is C19H31NaO9S. The van der Waals surface area contributed by atoms with Crippen molar-refractivity contribution in [1.82, 2.24) is 0 Å². The van der Waals surface area contributed by atoms with E-state index in [2.05, 4.69) is 13.2 Å². The maximum atomic E-state index is 12.5. The Morgan fingerprint density at radius 1 is 0.900 bits per heavy atom. The summed E-state index contributed by atoms with van der Waals surface area (Å²) in [4.78, 5) is 35.8. The fraction of sp³-hybridized carbons (Fsp3) is 0.632. The van der Waals surface area contributed by atoms with Crippen LogP contribution in [0, 0.1) is 5.41 Å². The van der Waals surface area contributed by atoms with E-state index in [0.717, 1.165) is 0 Å². The van der Waals surface area contributed by atoms with Gasteiger partial charge in [-0.2, -0.15) is 8.42 Å². The van der Waals surface area contributed by atoms with Gasteiger partial charge in [0.05, 0.1) is 12.4 Å². The molecule has 1 N–H and O–H groups in total. The molecule has 0 amide bonds. The summed E-state index contributed by atoms with van der Waals surface area (Å²) >= 11 is 0. The van der Waals surface area contributed by atoms with Crippen molar-refractivity contribution in [2.45, 2.75) is 46.5 Å². The molecule has 0 aromatic rings. The number of carbonyl (C=O) groups excluding carboxylic acids is 3. The second kappa shape index (κ2) is 14.7. The fourth-order valence-corrected chi connectivity index (χ4v) is 2.50. The quantitative estimate of drug-likeness (QED) is 0.0899. The van der Waals surface area contributed by atoms with Crippen LogP contribution >= 0.6 is 0 Å². The first-order valence-electron chi connectivity index (χ1n) is 9.06. The normalized spacial score (nSPS) is 11.1.